The van der Waals surface area contributed by atoms with Gasteiger partial charge in [0.15, 0.2) is 5.16 Å². The highest BCUT2D eigenvalue weighted by molar-refractivity contribution is 7.99. The molecule has 3 aromatic heterocycles. The number of aliphatic hydroxyl groups excluding tert-OH is 1. The van der Waals surface area contributed by atoms with Crippen LogP contribution in [0.3, 0.4) is 0 Å². The minimum absolute atomic E-state index is 0.0286. The smallest absolute Gasteiger partial charge is 0.257 e. The molecular weight excluding hydrogens is 516 g/mol. The number of aromatic nitrogens is 3. The highest BCUT2D eigenvalue weighted by Gasteiger charge is 2.19. The number of furan rings is 1. The van der Waals surface area contributed by atoms with Crippen molar-refractivity contribution < 1.29 is 14.3 Å². The third-order valence-corrected chi connectivity index (χ3v) is 6.77. The lowest BCUT2D eigenvalue weighted by molar-refractivity contribution is 0.0949. The number of nitrogens with one attached hydrogen (secondary N) is 1. The molecule has 10 nitrogen and oxygen atoms in total. The Labute approximate surface area is 222 Å². The van der Waals surface area contributed by atoms with Gasteiger partial charge >= 0.3 is 0 Å². The van der Waals surface area contributed by atoms with E-state index in [9.17, 15) is 14.7 Å². The topological polar surface area (TPSA) is 140 Å². The third kappa shape index (κ3) is 6.89. The first kappa shape index (κ1) is 26.7. The Balaban J connectivity index is 1.39. The second kappa shape index (κ2) is 11.8. The van der Waals surface area contributed by atoms with Crippen molar-refractivity contribution in [1.29, 1.82) is 0 Å². The summed E-state index contributed by atoms with van der Waals surface area (Å²) in [7, 11) is 3.56. The van der Waals surface area contributed by atoms with Crippen molar-refractivity contribution in [1.82, 2.24) is 24.8 Å². The van der Waals surface area contributed by atoms with Crippen molar-refractivity contribution in [2.75, 3.05) is 25.1 Å². The van der Waals surface area contributed by atoms with E-state index in [1.54, 1.807) is 42.1 Å². The molecule has 37 heavy (non-hydrogen) atoms. The van der Waals surface area contributed by atoms with Crippen molar-refractivity contribution in [3.63, 3.8) is 0 Å². The summed E-state index contributed by atoms with van der Waals surface area (Å²) in [5.41, 5.74) is 6.52. The number of carbonyl (C=O) groups excluding carboxylic acids is 1. The van der Waals surface area contributed by atoms with Crippen LogP contribution in [0.2, 0.25) is 5.02 Å². The molecule has 0 radical (unpaired) electrons. The number of amides is 1. The number of nitrogens with two attached hydrogens (primary N) is 1. The van der Waals surface area contributed by atoms with Gasteiger partial charge in [-0.2, -0.15) is 0 Å². The fraction of sp³-hybridized carbons (Fsp3) is 0.280. The van der Waals surface area contributed by atoms with Crippen LogP contribution in [0.25, 0.3) is 11.1 Å². The van der Waals surface area contributed by atoms with Crippen molar-refractivity contribution in [3.05, 3.63) is 80.9 Å². The maximum absolute atomic E-state index is 13.1. The minimum atomic E-state index is -0.647. The second-order valence-electron chi connectivity index (χ2n) is 8.65. The number of pyridine rings is 1. The van der Waals surface area contributed by atoms with Gasteiger partial charge in [-0.1, -0.05) is 35.5 Å². The number of rotatable bonds is 10. The molecule has 1 unspecified atom stereocenters. The molecule has 4 N–H and O–H groups in total. The molecule has 0 saturated heterocycles. The number of nitrogens with zero attached hydrogens (tertiary/aromatic N) is 4. The van der Waals surface area contributed by atoms with Crippen molar-refractivity contribution in [2.45, 2.75) is 24.3 Å². The average molecular weight is 543 g/mol. The number of anilines is 1. The number of aryl methyl sites for hydroxylation is 1. The number of thioether (sulfide) groups is 1. The summed E-state index contributed by atoms with van der Waals surface area (Å²) < 4.78 is 7.53. The van der Waals surface area contributed by atoms with Crippen molar-refractivity contribution in [3.8, 4) is 0 Å². The summed E-state index contributed by atoms with van der Waals surface area (Å²) in [6, 6.07) is 10.3. The number of likely N-dealkylation sites (N-methyl/N-ethyl adjacent to an activating group) is 1. The fourth-order valence-electron chi connectivity index (χ4n) is 3.77. The van der Waals surface area contributed by atoms with Gasteiger partial charge in [0.25, 0.3) is 5.91 Å². The SMILES string of the molecule is CN(Cc1cc2c(=O)c(C(=O)NCc3ccc(Cl)cc3)cn(C)c2o1)CC(O)CSc1nccc(N)n1. The van der Waals surface area contributed by atoms with Gasteiger partial charge in [-0.3, -0.25) is 14.5 Å². The first-order valence-corrected chi connectivity index (χ1v) is 12.8. The predicted octanol–water partition coefficient (Wildman–Crippen LogP) is 2.67. The van der Waals surface area contributed by atoms with Gasteiger partial charge in [0.2, 0.25) is 11.1 Å². The molecule has 0 fully saturated rings. The number of nitrogen functional groups attached to an aromatic ring is 1. The zero-order valence-corrected chi connectivity index (χ0v) is 21.9. The van der Waals surface area contributed by atoms with E-state index in [1.165, 1.54) is 18.0 Å². The van der Waals surface area contributed by atoms with Gasteiger partial charge in [0.1, 0.15) is 17.1 Å². The van der Waals surface area contributed by atoms with Crippen LogP contribution in [-0.4, -0.2) is 55.9 Å². The van der Waals surface area contributed by atoms with Crippen LogP contribution in [-0.2, 0) is 20.1 Å². The molecule has 0 aliphatic carbocycles. The summed E-state index contributed by atoms with van der Waals surface area (Å²) in [5.74, 6) is 0.842. The van der Waals surface area contributed by atoms with Gasteiger partial charge in [-0.15, -0.1) is 0 Å². The first-order valence-electron chi connectivity index (χ1n) is 11.4. The van der Waals surface area contributed by atoms with Crippen molar-refractivity contribution in [2.24, 2.45) is 7.05 Å². The highest BCUT2D eigenvalue weighted by Crippen LogP contribution is 2.19. The molecule has 0 bridgehead atoms. The lowest BCUT2D eigenvalue weighted by atomic mass is 10.2. The van der Waals surface area contributed by atoms with Crippen LogP contribution in [0.4, 0.5) is 5.82 Å². The molecule has 0 saturated carbocycles. The van der Waals surface area contributed by atoms with Gasteiger partial charge in [0, 0.05) is 43.3 Å². The van der Waals surface area contributed by atoms with Crippen molar-refractivity contribution >= 4 is 46.2 Å². The summed E-state index contributed by atoms with van der Waals surface area (Å²) in [4.78, 5) is 35.9. The Morgan fingerprint density at radius 1 is 1.32 bits per heavy atom. The first-order chi connectivity index (χ1) is 17.7. The molecule has 0 aliphatic heterocycles. The summed E-state index contributed by atoms with van der Waals surface area (Å²) in [6.07, 6.45) is 2.40. The zero-order valence-electron chi connectivity index (χ0n) is 20.3. The van der Waals surface area contributed by atoms with Crippen LogP contribution >= 0.6 is 23.4 Å². The number of hydrogen-bond donors (Lipinski definition) is 3. The Morgan fingerprint density at radius 2 is 2.08 bits per heavy atom. The second-order valence-corrected chi connectivity index (χ2v) is 10.1. The Bertz CT molecular complexity index is 1460. The van der Waals surface area contributed by atoms with Gasteiger partial charge in [0.05, 0.1) is 18.0 Å². The Hall–Kier alpha value is -3.38. The van der Waals surface area contributed by atoms with Crippen LogP contribution in [0.15, 0.2) is 63.2 Å². The standard InChI is InChI=1S/C25H27ClN6O4S/c1-31(11-17(33)14-37-25-28-8-7-21(27)30-25)12-18-9-19-22(34)20(13-32(2)24(19)36-18)23(35)29-10-15-3-5-16(26)6-4-15/h3-9,13,17,33H,10-12,14H2,1-2H3,(H,29,35)(H2,27,28,30). The molecular formula is C25H27ClN6O4S. The molecule has 1 aromatic carbocycles. The molecule has 1 amide bonds. The molecule has 0 spiro atoms. The number of carbonyl (C=O) groups is 1. The number of benzene rings is 1. The van der Waals surface area contributed by atoms with Gasteiger partial charge < -0.3 is 25.1 Å². The van der Waals surface area contributed by atoms with Gasteiger partial charge in [-0.25, -0.2) is 9.97 Å². The lowest BCUT2D eigenvalue weighted by Gasteiger charge is -2.19. The Kier molecular flexibility index (Phi) is 8.49. The number of fused-ring (bicyclic) bond motifs is 1. The highest BCUT2D eigenvalue weighted by atomic mass is 35.5. The van der Waals surface area contributed by atoms with E-state index in [0.29, 0.717) is 51.7 Å². The van der Waals surface area contributed by atoms with E-state index in [0.717, 1.165) is 5.56 Å². The summed E-state index contributed by atoms with van der Waals surface area (Å²) in [6.45, 7) is 0.993. The normalized spacial score (nSPS) is 12.2. The average Bonchev–Trinajstić information content (AvgIpc) is 3.29. The summed E-state index contributed by atoms with van der Waals surface area (Å²) >= 11 is 7.21. The third-order valence-electron chi connectivity index (χ3n) is 5.51. The van der Waals surface area contributed by atoms with E-state index in [2.05, 4.69) is 15.3 Å². The molecule has 1 atom stereocenters. The van der Waals surface area contributed by atoms with Crippen LogP contribution in [0.1, 0.15) is 21.7 Å². The lowest BCUT2D eigenvalue weighted by Crippen LogP contribution is -2.30. The van der Waals surface area contributed by atoms with E-state index >= 15 is 0 Å². The van der Waals surface area contributed by atoms with E-state index < -0.39 is 17.4 Å². The maximum atomic E-state index is 13.1. The van der Waals surface area contributed by atoms with E-state index in [-0.39, 0.29) is 12.1 Å². The molecule has 4 rings (SSSR count). The van der Waals surface area contributed by atoms with Crippen LogP contribution in [0.5, 0.6) is 0 Å². The molecule has 12 heteroatoms. The van der Waals surface area contributed by atoms with Gasteiger partial charge in [-0.05, 0) is 36.9 Å². The number of hydrogen-bond acceptors (Lipinski definition) is 9. The molecule has 4 aromatic rings. The Morgan fingerprint density at radius 3 is 2.81 bits per heavy atom. The zero-order chi connectivity index (χ0) is 26.5. The van der Waals surface area contributed by atoms with Crippen LogP contribution in [0, 0.1) is 0 Å². The predicted molar refractivity (Wildman–Crippen MR) is 144 cm³/mol. The monoisotopic (exact) mass is 542 g/mol. The summed E-state index contributed by atoms with van der Waals surface area (Å²) in [5, 5.41) is 14.6. The fourth-order valence-corrected chi connectivity index (χ4v) is 4.65. The van der Waals surface area contributed by atoms with E-state index in [4.69, 9.17) is 21.8 Å². The quantitative estimate of drug-likeness (QED) is 0.204. The molecule has 3 heterocycles. The molecule has 0 aliphatic rings. The maximum Gasteiger partial charge on any atom is 0.257 e. The van der Waals surface area contributed by atoms with Crippen LogP contribution < -0.4 is 16.5 Å². The molecule has 194 valence electrons. The number of aliphatic hydroxyl groups is 1. The minimum Gasteiger partial charge on any atom is -0.443 e. The largest absolute Gasteiger partial charge is 0.443 e. The van der Waals surface area contributed by atoms with E-state index in [1.807, 2.05) is 24.1 Å². The number of halogens is 1.